The number of carbonyl (C=O) groups is 2. The molecular weight excluding hydrogens is 347 g/mol. The van der Waals surface area contributed by atoms with E-state index in [0.29, 0.717) is 0 Å². The first kappa shape index (κ1) is 18.0. The lowest BCUT2D eigenvalue weighted by molar-refractivity contribution is -0.137. The number of primary amides is 1. The number of hydrogen-bond donors (Lipinski definition) is 2. The maximum atomic E-state index is 12.8. The summed E-state index contributed by atoms with van der Waals surface area (Å²) in [6.07, 6.45) is -3.65. The summed E-state index contributed by atoms with van der Waals surface area (Å²) in [6.45, 7) is 3.45. The topological polar surface area (TPSA) is 102 Å². The average Bonchev–Trinajstić information content (AvgIpc) is 2.84. The first-order chi connectivity index (χ1) is 11.1. The third kappa shape index (κ3) is 3.96. The maximum absolute atomic E-state index is 12.8. The zero-order valence-corrected chi connectivity index (χ0v) is 13.5. The van der Waals surface area contributed by atoms with Gasteiger partial charge < -0.3 is 5.73 Å². The Morgan fingerprint density at radius 2 is 1.96 bits per heavy atom. The maximum Gasteiger partial charge on any atom is 0.417 e. The highest BCUT2D eigenvalue weighted by Crippen LogP contribution is 2.32. The summed E-state index contributed by atoms with van der Waals surface area (Å²) in [5.41, 5.74) is 4.27. The summed E-state index contributed by atoms with van der Waals surface area (Å²) < 4.78 is 39.7. The van der Waals surface area contributed by atoms with Crippen molar-refractivity contribution in [3.63, 3.8) is 0 Å². The fourth-order valence-corrected chi connectivity index (χ4v) is 2.93. The fraction of sp³-hybridized carbons (Fsp3) is 0.385. The highest BCUT2D eigenvalue weighted by molar-refractivity contribution is 8.00. The Kier molecular flexibility index (Phi) is 5.02. The summed E-state index contributed by atoms with van der Waals surface area (Å²) in [5, 5.41) is 8.88. The molecule has 3 N–H and O–H groups in total. The first-order valence-corrected chi connectivity index (χ1v) is 7.66. The van der Waals surface area contributed by atoms with Gasteiger partial charge in [-0.3, -0.25) is 14.5 Å². The predicted molar refractivity (Wildman–Crippen MR) is 80.2 cm³/mol. The average molecular weight is 361 g/mol. The number of rotatable bonds is 4. The second-order valence-electron chi connectivity index (χ2n) is 5.26. The van der Waals surface area contributed by atoms with Crippen LogP contribution in [0.3, 0.4) is 0 Å². The number of nitrogens with two attached hydrogens (primary N) is 1. The van der Waals surface area contributed by atoms with Crippen LogP contribution in [0.15, 0.2) is 23.5 Å². The minimum atomic E-state index is -4.51. The quantitative estimate of drug-likeness (QED) is 0.812. The van der Waals surface area contributed by atoms with Gasteiger partial charge in [-0.2, -0.15) is 13.2 Å². The lowest BCUT2D eigenvalue weighted by atomic mass is 10.1. The zero-order valence-electron chi connectivity index (χ0n) is 12.7. The molecule has 0 aliphatic carbocycles. The lowest BCUT2D eigenvalue weighted by Gasteiger charge is -2.17. The number of halogens is 3. The van der Waals surface area contributed by atoms with Crippen LogP contribution < -0.4 is 11.1 Å². The van der Waals surface area contributed by atoms with Gasteiger partial charge >= 0.3 is 12.2 Å². The van der Waals surface area contributed by atoms with E-state index in [1.165, 1.54) is 6.07 Å². The van der Waals surface area contributed by atoms with Gasteiger partial charge in [0.05, 0.1) is 10.8 Å². The molecule has 130 valence electrons. The summed E-state index contributed by atoms with van der Waals surface area (Å²) in [5.74, 6) is -0.876. The van der Waals surface area contributed by atoms with Gasteiger partial charge in [-0.25, -0.2) is 4.79 Å². The number of thioether (sulfide) groups is 1. The second kappa shape index (κ2) is 6.67. The number of nitrogens with one attached hydrogen (secondary N) is 1. The zero-order chi connectivity index (χ0) is 18.1. The van der Waals surface area contributed by atoms with E-state index in [0.717, 1.165) is 28.4 Å². The molecule has 0 saturated carbocycles. The van der Waals surface area contributed by atoms with Crippen molar-refractivity contribution in [2.75, 3.05) is 0 Å². The molecule has 3 amide bonds. The van der Waals surface area contributed by atoms with Crippen molar-refractivity contribution in [2.24, 2.45) is 11.7 Å². The summed E-state index contributed by atoms with van der Waals surface area (Å²) in [4.78, 5) is 22.8. The molecule has 2 aromatic rings. The second-order valence-corrected chi connectivity index (χ2v) is 6.37. The Hall–Kier alpha value is -2.30. The largest absolute Gasteiger partial charge is 0.417 e. The molecular formula is C13H14F3N5O2S. The standard InChI is InChI=1S/C13H14F3N5O2S/c1-6(2)9(10(22)18-11(17)23)24-12-20-19-8-4-3-7(5-21(8)12)13(14,15)16/h3-6,9H,1-2H3,(H3,17,18,22,23). The minimum Gasteiger partial charge on any atom is -0.351 e. The Morgan fingerprint density at radius 3 is 2.50 bits per heavy atom. The van der Waals surface area contributed by atoms with Gasteiger partial charge in [-0.15, -0.1) is 10.2 Å². The molecule has 24 heavy (non-hydrogen) atoms. The van der Waals surface area contributed by atoms with E-state index in [2.05, 4.69) is 10.2 Å². The number of nitrogens with zero attached hydrogens (tertiary/aromatic N) is 3. The highest BCUT2D eigenvalue weighted by Gasteiger charge is 2.32. The summed E-state index contributed by atoms with van der Waals surface area (Å²) in [6, 6.07) is 1.09. The van der Waals surface area contributed by atoms with Crippen LogP contribution in [-0.4, -0.2) is 31.8 Å². The van der Waals surface area contributed by atoms with E-state index in [-0.39, 0.29) is 16.7 Å². The molecule has 11 heteroatoms. The van der Waals surface area contributed by atoms with Crippen LogP contribution in [0.5, 0.6) is 0 Å². The van der Waals surface area contributed by atoms with Crippen molar-refractivity contribution in [2.45, 2.75) is 30.4 Å². The molecule has 7 nitrogen and oxygen atoms in total. The van der Waals surface area contributed by atoms with Crippen LogP contribution in [0.2, 0.25) is 0 Å². The van der Waals surface area contributed by atoms with Gasteiger partial charge in [0.2, 0.25) is 5.91 Å². The monoisotopic (exact) mass is 361 g/mol. The molecule has 0 aliphatic heterocycles. The van der Waals surface area contributed by atoms with Gasteiger partial charge in [0.15, 0.2) is 10.8 Å². The Balaban J connectivity index is 2.36. The van der Waals surface area contributed by atoms with Crippen LogP contribution in [0.25, 0.3) is 5.65 Å². The highest BCUT2D eigenvalue weighted by atomic mass is 32.2. The van der Waals surface area contributed by atoms with Crippen molar-refractivity contribution in [3.05, 3.63) is 23.9 Å². The number of imide groups is 1. The van der Waals surface area contributed by atoms with Gasteiger partial charge in [0, 0.05) is 6.20 Å². The van der Waals surface area contributed by atoms with Crippen LogP contribution in [0, 0.1) is 5.92 Å². The third-order valence-electron chi connectivity index (χ3n) is 3.04. The summed E-state index contributed by atoms with van der Waals surface area (Å²) >= 11 is 0.905. The predicted octanol–water partition coefficient (Wildman–Crippen LogP) is 2.06. The molecule has 1 unspecified atom stereocenters. The van der Waals surface area contributed by atoms with Crippen LogP contribution in [-0.2, 0) is 11.0 Å². The van der Waals surface area contributed by atoms with Crippen LogP contribution in [0.4, 0.5) is 18.0 Å². The number of hydrogen-bond acceptors (Lipinski definition) is 5. The molecule has 2 rings (SSSR count). The Bertz CT molecular complexity index is 775. The number of amides is 3. The van der Waals surface area contributed by atoms with Crippen molar-refractivity contribution in [3.8, 4) is 0 Å². The van der Waals surface area contributed by atoms with Gasteiger partial charge in [-0.1, -0.05) is 25.6 Å². The van der Waals surface area contributed by atoms with Crippen LogP contribution >= 0.6 is 11.8 Å². The van der Waals surface area contributed by atoms with Crippen molar-refractivity contribution in [1.29, 1.82) is 0 Å². The molecule has 0 saturated heterocycles. The van der Waals surface area contributed by atoms with E-state index in [4.69, 9.17) is 5.73 Å². The van der Waals surface area contributed by atoms with E-state index in [1.807, 2.05) is 5.32 Å². The van der Waals surface area contributed by atoms with E-state index >= 15 is 0 Å². The molecule has 0 spiro atoms. The summed E-state index contributed by atoms with van der Waals surface area (Å²) in [7, 11) is 0. The van der Waals surface area contributed by atoms with Gasteiger partial charge in [-0.05, 0) is 18.1 Å². The molecule has 0 aliphatic rings. The number of pyridine rings is 1. The van der Waals surface area contributed by atoms with Crippen molar-refractivity contribution < 1.29 is 22.8 Å². The fourth-order valence-electron chi connectivity index (χ4n) is 1.92. The molecule has 0 radical (unpaired) electrons. The SMILES string of the molecule is CC(C)C(Sc1nnc2ccc(C(F)(F)F)cn12)C(=O)NC(N)=O. The number of alkyl halides is 3. The van der Waals surface area contributed by atoms with Crippen LogP contribution in [0.1, 0.15) is 19.4 Å². The van der Waals surface area contributed by atoms with Gasteiger partial charge in [0.25, 0.3) is 0 Å². The smallest absolute Gasteiger partial charge is 0.351 e. The Morgan fingerprint density at radius 1 is 1.29 bits per heavy atom. The first-order valence-electron chi connectivity index (χ1n) is 6.78. The molecule has 1 atom stereocenters. The molecule has 2 aromatic heterocycles. The Labute approximate surface area is 138 Å². The number of aromatic nitrogens is 3. The minimum absolute atomic E-state index is 0.106. The third-order valence-corrected chi connectivity index (χ3v) is 4.54. The van der Waals surface area contributed by atoms with Gasteiger partial charge in [0.1, 0.15) is 0 Å². The van der Waals surface area contributed by atoms with E-state index in [1.54, 1.807) is 13.8 Å². The van der Waals surface area contributed by atoms with Crippen molar-refractivity contribution in [1.82, 2.24) is 19.9 Å². The number of carbonyl (C=O) groups excluding carboxylic acids is 2. The normalized spacial score (nSPS) is 13.2. The molecule has 0 aromatic carbocycles. The number of fused-ring (bicyclic) bond motifs is 1. The van der Waals surface area contributed by atoms with E-state index in [9.17, 15) is 22.8 Å². The lowest BCUT2D eigenvalue weighted by Crippen LogP contribution is -2.42. The van der Waals surface area contributed by atoms with E-state index < -0.39 is 28.9 Å². The molecule has 0 bridgehead atoms. The molecule has 0 fully saturated rings. The number of urea groups is 1. The molecule has 2 heterocycles. The van der Waals surface area contributed by atoms with Crippen molar-refractivity contribution >= 4 is 29.3 Å².